The summed E-state index contributed by atoms with van der Waals surface area (Å²) in [6, 6.07) is 7.51. The second-order valence-corrected chi connectivity index (χ2v) is 10.0. The summed E-state index contributed by atoms with van der Waals surface area (Å²) in [6.07, 6.45) is -1.93. The van der Waals surface area contributed by atoms with Crippen molar-refractivity contribution in [2.75, 3.05) is 36.0 Å². The number of nitrogens with zero attached hydrogens (tertiary/aromatic N) is 5. The molecule has 2 aromatic rings. The van der Waals surface area contributed by atoms with E-state index in [0.717, 1.165) is 23.6 Å². The second-order valence-electron chi connectivity index (χ2n) is 10.0. The summed E-state index contributed by atoms with van der Waals surface area (Å²) >= 11 is 0. The van der Waals surface area contributed by atoms with E-state index in [1.807, 2.05) is 45.0 Å². The predicted molar refractivity (Wildman–Crippen MR) is 128 cm³/mol. The van der Waals surface area contributed by atoms with E-state index in [-0.39, 0.29) is 24.3 Å². The molecule has 11 heteroatoms. The summed E-state index contributed by atoms with van der Waals surface area (Å²) in [5, 5.41) is 0. The molecule has 0 saturated carbocycles. The van der Waals surface area contributed by atoms with Gasteiger partial charge in [-0.25, -0.2) is 14.8 Å². The Kier molecular flexibility index (Phi) is 7.10. The molecule has 2 aliphatic rings. The molecule has 4 rings (SSSR count). The van der Waals surface area contributed by atoms with E-state index in [1.54, 1.807) is 14.7 Å². The van der Waals surface area contributed by atoms with Crippen LogP contribution in [0.15, 0.2) is 36.7 Å². The molecule has 1 fully saturated rings. The Morgan fingerprint density at radius 1 is 1.03 bits per heavy atom. The first-order valence-corrected chi connectivity index (χ1v) is 11.9. The molecule has 1 aromatic carbocycles. The molecule has 2 amide bonds. The van der Waals surface area contributed by atoms with Crippen LogP contribution in [0.2, 0.25) is 0 Å². The lowest BCUT2D eigenvalue weighted by molar-refractivity contribution is -0.138. The fourth-order valence-corrected chi connectivity index (χ4v) is 4.48. The Morgan fingerprint density at radius 3 is 2.28 bits per heavy atom. The minimum absolute atomic E-state index is 0.0249. The summed E-state index contributed by atoms with van der Waals surface area (Å²) in [6.45, 7) is 7.15. The van der Waals surface area contributed by atoms with E-state index >= 15 is 0 Å². The molecule has 1 aromatic heterocycles. The van der Waals surface area contributed by atoms with Gasteiger partial charge in [-0.1, -0.05) is 18.2 Å². The van der Waals surface area contributed by atoms with Crippen LogP contribution in [-0.4, -0.2) is 64.7 Å². The van der Waals surface area contributed by atoms with E-state index in [0.29, 0.717) is 39.0 Å². The molecule has 2 aliphatic heterocycles. The van der Waals surface area contributed by atoms with Crippen molar-refractivity contribution in [3.8, 4) is 0 Å². The zero-order chi connectivity index (χ0) is 26.1. The van der Waals surface area contributed by atoms with Crippen LogP contribution in [0.25, 0.3) is 0 Å². The maximum Gasteiger partial charge on any atom is 0.419 e. The molecule has 1 atom stereocenters. The number of fused-ring (bicyclic) bond motifs is 1. The fourth-order valence-electron chi connectivity index (χ4n) is 4.48. The Hall–Kier alpha value is -3.37. The molecule has 1 saturated heterocycles. The Balaban J connectivity index is 1.33. The van der Waals surface area contributed by atoms with E-state index in [4.69, 9.17) is 4.74 Å². The number of anilines is 2. The third-order valence-electron chi connectivity index (χ3n) is 6.23. The number of para-hydroxylation sites is 1. The number of hydrogen-bond acceptors (Lipinski definition) is 6. The van der Waals surface area contributed by atoms with E-state index in [1.165, 1.54) is 0 Å². The van der Waals surface area contributed by atoms with Gasteiger partial charge in [0, 0.05) is 51.0 Å². The monoisotopic (exact) mass is 505 g/mol. The number of amides is 2. The van der Waals surface area contributed by atoms with E-state index in [9.17, 15) is 22.8 Å². The van der Waals surface area contributed by atoms with Crippen molar-refractivity contribution in [1.29, 1.82) is 0 Å². The van der Waals surface area contributed by atoms with Gasteiger partial charge < -0.3 is 14.5 Å². The number of carbonyl (C=O) groups excluding carboxylic acids is 2. The van der Waals surface area contributed by atoms with Crippen LogP contribution >= 0.6 is 0 Å². The number of ether oxygens (including phenoxy) is 1. The van der Waals surface area contributed by atoms with Gasteiger partial charge in [-0.3, -0.25) is 9.69 Å². The minimum atomic E-state index is -4.48. The Labute approximate surface area is 208 Å². The van der Waals surface area contributed by atoms with Crippen LogP contribution in [0.5, 0.6) is 0 Å². The lowest BCUT2D eigenvalue weighted by atomic mass is 10.1. The number of halogens is 3. The molecule has 0 unspecified atom stereocenters. The average molecular weight is 506 g/mol. The number of carbonyl (C=O) groups is 2. The largest absolute Gasteiger partial charge is 0.443 e. The SMILES string of the molecule is CC(C)(C)OC(=O)N1c2ccccc2C[C@@H]1CCC(=O)N1CCN(c2ncc(C(F)(F)F)cn2)CC1. The Morgan fingerprint density at radius 2 is 1.67 bits per heavy atom. The van der Waals surface area contributed by atoms with E-state index < -0.39 is 23.4 Å². The standard InChI is InChI=1S/C25H30F3N5O3/c1-24(2,3)36-23(35)33-19(14-17-6-4-5-7-20(17)33)8-9-21(34)31-10-12-32(13-11-31)22-29-15-18(16-30-22)25(26,27)28/h4-7,15-16,19H,8-14H2,1-3H3/t19-/m0/s1. The van der Waals surface area contributed by atoms with Crippen molar-refractivity contribution < 1.29 is 27.5 Å². The molecule has 194 valence electrons. The molecule has 0 aliphatic carbocycles. The van der Waals surface area contributed by atoms with Crippen LogP contribution in [0.4, 0.5) is 29.6 Å². The van der Waals surface area contributed by atoms with Crippen LogP contribution < -0.4 is 9.80 Å². The second kappa shape index (κ2) is 9.94. The quantitative estimate of drug-likeness (QED) is 0.617. The van der Waals surface area contributed by atoms with Crippen molar-refractivity contribution in [3.63, 3.8) is 0 Å². The van der Waals surface area contributed by atoms with Gasteiger partial charge in [0.2, 0.25) is 11.9 Å². The van der Waals surface area contributed by atoms with Crippen molar-refractivity contribution in [2.45, 2.75) is 57.9 Å². The third-order valence-corrected chi connectivity index (χ3v) is 6.23. The molecule has 0 spiro atoms. The molecule has 0 bridgehead atoms. The highest BCUT2D eigenvalue weighted by atomic mass is 19.4. The molecule has 36 heavy (non-hydrogen) atoms. The summed E-state index contributed by atoms with van der Waals surface area (Å²) in [7, 11) is 0. The summed E-state index contributed by atoms with van der Waals surface area (Å²) in [4.78, 5) is 38.7. The van der Waals surface area contributed by atoms with Crippen molar-refractivity contribution in [1.82, 2.24) is 14.9 Å². The van der Waals surface area contributed by atoms with Gasteiger partial charge in [0.25, 0.3) is 0 Å². The number of alkyl halides is 3. The number of rotatable bonds is 4. The van der Waals surface area contributed by atoms with Gasteiger partial charge in [-0.15, -0.1) is 0 Å². The average Bonchev–Trinajstić information content (AvgIpc) is 3.20. The lowest BCUT2D eigenvalue weighted by Gasteiger charge is -2.35. The zero-order valence-corrected chi connectivity index (χ0v) is 20.6. The normalized spacial score (nSPS) is 18.3. The molecular formula is C25H30F3N5O3. The van der Waals surface area contributed by atoms with Gasteiger partial charge in [-0.05, 0) is 45.2 Å². The highest BCUT2D eigenvalue weighted by molar-refractivity contribution is 5.91. The van der Waals surface area contributed by atoms with Crippen molar-refractivity contribution in [3.05, 3.63) is 47.8 Å². The van der Waals surface area contributed by atoms with E-state index in [2.05, 4.69) is 9.97 Å². The number of piperazine rings is 1. The molecule has 3 heterocycles. The first-order chi connectivity index (χ1) is 16.9. The topological polar surface area (TPSA) is 78.9 Å². The van der Waals surface area contributed by atoms with Gasteiger partial charge in [0.15, 0.2) is 0 Å². The van der Waals surface area contributed by atoms with Gasteiger partial charge >= 0.3 is 12.3 Å². The Bertz CT molecular complexity index is 1090. The fraction of sp³-hybridized carbons (Fsp3) is 0.520. The minimum Gasteiger partial charge on any atom is -0.443 e. The summed E-state index contributed by atoms with van der Waals surface area (Å²) < 4.78 is 43.8. The summed E-state index contributed by atoms with van der Waals surface area (Å²) in [5.74, 6) is 0.190. The predicted octanol–water partition coefficient (Wildman–Crippen LogP) is 4.29. The lowest BCUT2D eigenvalue weighted by Crippen LogP contribution is -2.49. The molecule has 0 radical (unpaired) electrons. The molecule has 0 N–H and O–H groups in total. The van der Waals surface area contributed by atoms with Gasteiger partial charge in [0.05, 0.1) is 11.3 Å². The number of benzene rings is 1. The number of hydrogen-bond donors (Lipinski definition) is 0. The van der Waals surface area contributed by atoms with Crippen molar-refractivity contribution >= 4 is 23.6 Å². The molecule has 8 nitrogen and oxygen atoms in total. The van der Waals surface area contributed by atoms with Crippen molar-refractivity contribution in [2.24, 2.45) is 0 Å². The highest BCUT2D eigenvalue weighted by Crippen LogP contribution is 2.35. The maximum atomic E-state index is 13.0. The van der Waals surface area contributed by atoms with Crippen LogP contribution in [-0.2, 0) is 22.1 Å². The summed E-state index contributed by atoms with van der Waals surface area (Å²) in [5.41, 5.74) is 0.334. The first-order valence-electron chi connectivity index (χ1n) is 11.9. The van der Waals surface area contributed by atoms with Crippen LogP contribution in [0, 0.1) is 0 Å². The van der Waals surface area contributed by atoms with Gasteiger partial charge in [-0.2, -0.15) is 13.2 Å². The number of aromatic nitrogens is 2. The highest BCUT2D eigenvalue weighted by Gasteiger charge is 2.37. The zero-order valence-electron chi connectivity index (χ0n) is 20.6. The third kappa shape index (κ3) is 5.88. The maximum absolute atomic E-state index is 13.0. The smallest absolute Gasteiger partial charge is 0.419 e. The van der Waals surface area contributed by atoms with Crippen LogP contribution in [0.1, 0.15) is 44.7 Å². The van der Waals surface area contributed by atoms with Gasteiger partial charge in [0.1, 0.15) is 5.60 Å². The first kappa shape index (κ1) is 25.7. The van der Waals surface area contributed by atoms with Crippen LogP contribution in [0.3, 0.4) is 0 Å². The molecular weight excluding hydrogens is 475 g/mol.